The highest BCUT2D eigenvalue weighted by Crippen LogP contribution is 2.41. The Bertz CT molecular complexity index is 867. The lowest BCUT2D eigenvalue weighted by molar-refractivity contribution is 0.469. The molecule has 0 bridgehead atoms. The van der Waals surface area contributed by atoms with E-state index in [0.29, 0.717) is 12.2 Å². The first kappa shape index (κ1) is 13.0. The Morgan fingerprint density at radius 3 is 2.50 bits per heavy atom. The molecule has 0 atom stereocenters. The van der Waals surface area contributed by atoms with Crippen molar-refractivity contribution in [1.29, 1.82) is 0 Å². The lowest BCUT2D eigenvalue weighted by Crippen LogP contribution is -2.01. The van der Waals surface area contributed by atoms with E-state index in [2.05, 4.69) is 30.3 Å². The van der Waals surface area contributed by atoms with Gasteiger partial charge >= 0.3 is 0 Å². The standard InChI is InChI=1S/C20H17NO/c21-19-10-9-16-15-7-3-1-5-13(15)11-17(16)18(19)12-14-6-2-4-8-20(14)22/h1-10,22H,11-12,21H2. The molecule has 0 aliphatic heterocycles. The zero-order valence-corrected chi connectivity index (χ0v) is 12.2. The van der Waals surface area contributed by atoms with Gasteiger partial charge in [0.25, 0.3) is 0 Å². The van der Waals surface area contributed by atoms with E-state index in [1.807, 2.05) is 24.3 Å². The van der Waals surface area contributed by atoms with Crippen LogP contribution in [0.1, 0.15) is 22.3 Å². The van der Waals surface area contributed by atoms with Crippen LogP contribution >= 0.6 is 0 Å². The summed E-state index contributed by atoms with van der Waals surface area (Å²) in [6.45, 7) is 0. The number of rotatable bonds is 2. The smallest absolute Gasteiger partial charge is 0.119 e. The Morgan fingerprint density at radius 2 is 1.64 bits per heavy atom. The number of para-hydroxylation sites is 1. The number of benzene rings is 3. The van der Waals surface area contributed by atoms with Crippen molar-refractivity contribution < 1.29 is 5.11 Å². The van der Waals surface area contributed by atoms with Gasteiger partial charge in [-0.25, -0.2) is 0 Å². The lowest BCUT2D eigenvalue weighted by Gasteiger charge is -2.13. The van der Waals surface area contributed by atoms with E-state index in [0.717, 1.165) is 23.2 Å². The third kappa shape index (κ3) is 1.96. The molecule has 2 nitrogen and oxygen atoms in total. The molecule has 3 aromatic carbocycles. The molecule has 0 aromatic heterocycles. The van der Waals surface area contributed by atoms with Gasteiger partial charge in [-0.1, -0.05) is 48.5 Å². The van der Waals surface area contributed by atoms with Crippen molar-refractivity contribution >= 4 is 5.69 Å². The van der Waals surface area contributed by atoms with Gasteiger partial charge in [0.05, 0.1) is 0 Å². The molecule has 0 fully saturated rings. The van der Waals surface area contributed by atoms with Crippen LogP contribution in [0.3, 0.4) is 0 Å². The van der Waals surface area contributed by atoms with Crippen molar-refractivity contribution in [2.45, 2.75) is 12.8 Å². The topological polar surface area (TPSA) is 46.2 Å². The molecular weight excluding hydrogens is 270 g/mol. The summed E-state index contributed by atoms with van der Waals surface area (Å²) in [5.41, 5.74) is 14.3. The molecule has 0 heterocycles. The number of fused-ring (bicyclic) bond motifs is 3. The highest BCUT2D eigenvalue weighted by atomic mass is 16.3. The lowest BCUT2D eigenvalue weighted by atomic mass is 9.94. The zero-order chi connectivity index (χ0) is 15.1. The van der Waals surface area contributed by atoms with E-state index in [-0.39, 0.29) is 0 Å². The number of nitrogens with two attached hydrogens (primary N) is 1. The maximum atomic E-state index is 10.0. The molecule has 3 aromatic rings. The highest BCUT2D eigenvalue weighted by Gasteiger charge is 2.22. The second-order valence-corrected chi connectivity index (χ2v) is 5.80. The van der Waals surface area contributed by atoms with Crippen LogP contribution in [0, 0.1) is 0 Å². The SMILES string of the molecule is Nc1ccc2c(c1Cc1ccccc1O)Cc1ccccc1-2. The van der Waals surface area contributed by atoms with Gasteiger partial charge in [0, 0.05) is 12.1 Å². The molecule has 0 spiro atoms. The molecular formula is C20H17NO. The maximum absolute atomic E-state index is 10.0. The molecule has 0 saturated heterocycles. The first-order valence-electron chi connectivity index (χ1n) is 7.49. The van der Waals surface area contributed by atoms with Gasteiger partial charge in [-0.05, 0) is 51.9 Å². The van der Waals surface area contributed by atoms with Gasteiger partial charge < -0.3 is 10.8 Å². The minimum Gasteiger partial charge on any atom is -0.508 e. The van der Waals surface area contributed by atoms with E-state index in [9.17, 15) is 5.11 Å². The van der Waals surface area contributed by atoms with Crippen LogP contribution < -0.4 is 5.73 Å². The van der Waals surface area contributed by atoms with Crippen molar-refractivity contribution in [3.8, 4) is 16.9 Å². The van der Waals surface area contributed by atoms with Crippen molar-refractivity contribution in [1.82, 2.24) is 0 Å². The largest absolute Gasteiger partial charge is 0.508 e. The molecule has 0 radical (unpaired) electrons. The summed E-state index contributed by atoms with van der Waals surface area (Å²) in [4.78, 5) is 0. The fourth-order valence-electron chi connectivity index (χ4n) is 3.35. The Balaban J connectivity index is 1.84. The van der Waals surface area contributed by atoms with E-state index in [1.54, 1.807) is 6.07 Å². The second kappa shape index (κ2) is 4.92. The normalized spacial score (nSPS) is 12.0. The summed E-state index contributed by atoms with van der Waals surface area (Å²) >= 11 is 0. The number of anilines is 1. The van der Waals surface area contributed by atoms with Crippen LogP contribution in [0.2, 0.25) is 0 Å². The van der Waals surface area contributed by atoms with Crippen LogP contribution in [0.25, 0.3) is 11.1 Å². The van der Waals surface area contributed by atoms with Crippen molar-refractivity contribution in [2.24, 2.45) is 0 Å². The average molecular weight is 287 g/mol. The first-order valence-corrected chi connectivity index (χ1v) is 7.49. The molecule has 0 saturated carbocycles. The highest BCUT2D eigenvalue weighted by molar-refractivity contribution is 5.80. The third-order valence-corrected chi connectivity index (χ3v) is 4.50. The Kier molecular flexibility index (Phi) is 2.90. The van der Waals surface area contributed by atoms with Crippen LogP contribution in [0.4, 0.5) is 5.69 Å². The quantitative estimate of drug-likeness (QED) is 0.544. The Hall–Kier alpha value is -2.74. The van der Waals surface area contributed by atoms with E-state index < -0.39 is 0 Å². The van der Waals surface area contributed by atoms with Crippen LogP contribution in [-0.2, 0) is 12.8 Å². The van der Waals surface area contributed by atoms with Crippen molar-refractivity contribution in [2.75, 3.05) is 5.73 Å². The van der Waals surface area contributed by atoms with Crippen LogP contribution in [-0.4, -0.2) is 5.11 Å². The third-order valence-electron chi connectivity index (χ3n) is 4.50. The number of hydrogen-bond acceptors (Lipinski definition) is 2. The Morgan fingerprint density at radius 1 is 0.864 bits per heavy atom. The molecule has 3 N–H and O–H groups in total. The molecule has 1 aliphatic carbocycles. The van der Waals surface area contributed by atoms with Gasteiger partial charge in [-0.2, -0.15) is 0 Å². The summed E-state index contributed by atoms with van der Waals surface area (Å²) in [5, 5.41) is 10.0. The van der Waals surface area contributed by atoms with Gasteiger partial charge in [-0.15, -0.1) is 0 Å². The summed E-state index contributed by atoms with van der Waals surface area (Å²) in [7, 11) is 0. The maximum Gasteiger partial charge on any atom is 0.119 e. The number of phenols is 1. The number of phenolic OH excluding ortho intramolecular Hbond substituents is 1. The minimum atomic E-state index is 0.329. The molecule has 108 valence electrons. The molecule has 4 rings (SSSR count). The summed E-state index contributed by atoms with van der Waals surface area (Å²) in [5.74, 6) is 0.329. The van der Waals surface area contributed by atoms with Gasteiger partial charge in [0.1, 0.15) is 5.75 Å². The number of nitrogen functional groups attached to an aromatic ring is 1. The molecule has 1 aliphatic rings. The molecule has 0 amide bonds. The van der Waals surface area contributed by atoms with E-state index in [1.165, 1.54) is 22.3 Å². The van der Waals surface area contributed by atoms with Gasteiger partial charge in [-0.3, -0.25) is 0 Å². The van der Waals surface area contributed by atoms with Crippen molar-refractivity contribution in [3.05, 3.63) is 82.9 Å². The first-order chi connectivity index (χ1) is 10.7. The molecule has 22 heavy (non-hydrogen) atoms. The average Bonchev–Trinajstić information content (AvgIpc) is 2.91. The second-order valence-electron chi connectivity index (χ2n) is 5.80. The number of hydrogen-bond donors (Lipinski definition) is 2. The number of aromatic hydroxyl groups is 1. The van der Waals surface area contributed by atoms with E-state index >= 15 is 0 Å². The minimum absolute atomic E-state index is 0.329. The van der Waals surface area contributed by atoms with Crippen molar-refractivity contribution in [3.63, 3.8) is 0 Å². The van der Waals surface area contributed by atoms with Crippen LogP contribution in [0.15, 0.2) is 60.7 Å². The van der Waals surface area contributed by atoms with E-state index in [4.69, 9.17) is 5.73 Å². The predicted octanol–water partition coefficient (Wildman–Crippen LogP) is 4.14. The fraction of sp³-hybridized carbons (Fsp3) is 0.100. The zero-order valence-electron chi connectivity index (χ0n) is 12.2. The summed E-state index contributed by atoms with van der Waals surface area (Å²) < 4.78 is 0. The Labute approximate surface area is 129 Å². The summed E-state index contributed by atoms with van der Waals surface area (Å²) in [6, 6.07) is 20.1. The fourth-order valence-corrected chi connectivity index (χ4v) is 3.35. The molecule has 2 heteroatoms. The van der Waals surface area contributed by atoms with Gasteiger partial charge in [0.2, 0.25) is 0 Å². The summed E-state index contributed by atoms with van der Waals surface area (Å²) in [6.07, 6.45) is 1.58. The van der Waals surface area contributed by atoms with Gasteiger partial charge in [0.15, 0.2) is 0 Å². The molecule has 0 unspecified atom stereocenters. The monoisotopic (exact) mass is 287 g/mol. The predicted molar refractivity (Wildman–Crippen MR) is 90.0 cm³/mol. The van der Waals surface area contributed by atoms with Crippen LogP contribution in [0.5, 0.6) is 5.75 Å².